The van der Waals surface area contributed by atoms with Crippen molar-refractivity contribution in [2.45, 2.75) is 13.8 Å². The molecule has 0 radical (unpaired) electrons. The molecule has 0 atom stereocenters. The molecule has 1 aromatic rings. The molecule has 0 spiro atoms. The number of benzene rings is 1. The Morgan fingerprint density at radius 3 is 2.69 bits per heavy atom. The summed E-state index contributed by atoms with van der Waals surface area (Å²) >= 11 is 0. The summed E-state index contributed by atoms with van der Waals surface area (Å²) in [5.74, 6) is 0.793. The lowest BCUT2D eigenvalue weighted by molar-refractivity contribution is 0.158. The summed E-state index contributed by atoms with van der Waals surface area (Å²) in [4.78, 5) is 0. The summed E-state index contributed by atoms with van der Waals surface area (Å²) < 4.78 is 10.6. The van der Waals surface area contributed by atoms with Gasteiger partial charge in [0, 0.05) is 36.7 Å². The predicted molar refractivity (Wildman–Crippen MR) is 67.0 cm³/mol. The number of ether oxygens (including phenoxy) is 2. The normalized spacial score (nSPS) is 10.1. The molecular formula is C12H20N2O2. The smallest absolute Gasteiger partial charge is 0.123 e. The minimum Gasteiger partial charge on any atom is -0.494 e. The van der Waals surface area contributed by atoms with Crippen molar-refractivity contribution in [1.82, 2.24) is 0 Å². The number of rotatable bonds is 7. The molecule has 90 valence electrons. The Morgan fingerprint density at radius 2 is 2.00 bits per heavy atom. The van der Waals surface area contributed by atoms with Gasteiger partial charge in [0.05, 0.1) is 13.2 Å². The molecule has 3 N–H and O–H groups in total. The molecule has 0 aromatic heterocycles. The fraction of sp³-hybridized carbons (Fsp3) is 0.500. The van der Waals surface area contributed by atoms with E-state index >= 15 is 0 Å². The standard InChI is InChI=1S/C12H20N2O2/c1-3-15-6-5-14-11-7-10(13)8-12(9-11)16-4-2/h7-9,14H,3-6,13H2,1-2H3. The van der Waals surface area contributed by atoms with Crippen molar-refractivity contribution in [3.8, 4) is 5.75 Å². The number of anilines is 2. The molecule has 1 aromatic carbocycles. The number of hydrogen-bond donors (Lipinski definition) is 2. The van der Waals surface area contributed by atoms with Crippen LogP contribution in [0.25, 0.3) is 0 Å². The van der Waals surface area contributed by atoms with E-state index in [-0.39, 0.29) is 0 Å². The van der Waals surface area contributed by atoms with Crippen LogP contribution in [0.4, 0.5) is 11.4 Å². The fourth-order valence-electron chi connectivity index (χ4n) is 1.39. The van der Waals surface area contributed by atoms with E-state index in [2.05, 4.69) is 5.32 Å². The topological polar surface area (TPSA) is 56.5 Å². The maximum Gasteiger partial charge on any atom is 0.123 e. The summed E-state index contributed by atoms with van der Waals surface area (Å²) in [5, 5.41) is 3.23. The van der Waals surface area contributed by atoms with Crippen molar-refractivity contribution in [3.05, 3.63) is 18.2 Å². The van der Waals surface area contributed by atoms with Gasteiger partial charge in [-0.15, -0.1) is 0 Å². The molecule has 0 saturated carbocycles. The zero-order chi connectivity index (χ0) is 11.8. The van der Waals surface area contributed by atoms with Gasteiger partial charge >= 0.3 is 0 Å². The van der Waals surface area contributed by atoms with Crippen molar-refractivity contribution < 1.29 is 9.47 Å². The van der Waals surface area contributed by atoms with Crippen LogP contribution in [0, 0.1) is 0 Å². The highest BCUT2D eigenvalue weighted by Crippen LogP contribution is 2.22. The highest BCUT2D eigenvalue weighted by Gasteiger charge is 1.99. The molecule has 0 aliphatic carbocycles. The van der Waals surface area contributed by atoms with E-state index in [1.807, 2.05) is 32.0 Å². The van der Waals surface area contributed by atoms with Crippen molar-refractivity contribution in [3.63, 3.8) is 0 Å². The van der Waals surface area contributed by atoms with Gasteiger partial charge in [0.2, 0.25) is 0 Å². The highest BCUT2D eigenvalue weighted by atomic mass is 16.5. The summed E-state index contributed by atoms with van der Waals surface area (Å²) in [6, 6.07) is 5.64. The molecule has 0 heterocycles. The van der Waals surface area contributed by atoms with Gasteiger partial charge in [-0.3, -0.25) is 0 Å². The lowest BCUT2D eigenvalue weighted by Gasteiger charge is -2.10. The van der Waals surface area contributed by atoms with Gasteiger partial charge in [-0.2, -0.15) is 0 Å². The number of nitrogens with one attached hydrogen (secondary N) is 1. The van der Waals surface area contributed by atoms with Gasteiger partial charge < -0.3 is 20.5 Å². The minimum atomic E-state index is 0.641. The molecule has 0 aliphatic heterocycles. The van der Waals surface area contributed by atoms with Gasteiger partial charge in [-0.1, -0.05) is 0 Å². The first-order chi connectivity index (χ1) is 7.76. The molecule has 0 amide bonds. The predicted octanol–water partition coefficient (Wildman–Crippen LogP) is 2.12. The van der Waals surface area contributed by atoms with Crippen LogP contribution in [0.1, 0.15) is 13.8 Å². The average molecular weight is 224 g/mol. The van der Waals surface area contributed by atoms with Crippen molar-refractivity contribution in [1.29, 1.82) is 0 Å². The SMILES string of the molecule is CCOCCNc1cc(N)cc(OCC)c1. The van der Waals surface area contributed by atoms with Crippen LogP contribution >= 0.6 is 0 Å². The lowest BCUT2D eigenvalue weighted by atomic mass is 10.2. The molecule has 4 heteroatoms. The van der Waals surface area contributed by atoms with Crippen LogP contribution in [0.5, 0.6) is 5.75 Å². The molecule has 4 nitrogen and oxygen atoms in total. The minimum absolute atomic E-state index is 0.641. The van der Waals surface area contributed by atoms with E-state index in [1.165, 1.54) is 0 Å². The lowest BCUT2D eigenvalue weighted by Crippen LogP contribution is -2.09. The molecule has 16 heavy (non-hydrogen) atoms. The van der Waals surface area contributed by atoms with Crippen LogP contribution in [0.15, 0.2) is 18.2 Å². The monoisotopic (exact) mass is 224 g/mol. The molecular weight excluding hydrogens is 204 g/mol. The van der Waals surface area contributed by atoms with Crippen molar-refractivity contribution in [2.24, 2.45) is 0 Å². The maximum absolute atomic E-state index is 5.77. The van der Waals surface area contributed by atoms with Crippen molar-refractivity contribution in [2.75, 3.05) is 37.4 Å². The Balaban J connectivity index is 2.51. The molecule has 0 aliphatic rings. The average Bonchev–Trinajstić information content (AvgIpc) is 2.24. The van der Waals surface area contributed by atoms with Gasteiger partial charge in [0.25, 0.3) is 0 Å². The number of hydrogen-bond acceptors (Lipinski definition) is 4. The summed E-state index contributed by atoms with van der Waals surface area (Å²) in [7, 11) is 0. The molecule has 1 rings (SSSR count). The Labute approximate surface area is 96.7 Å². The molecule has 0 saturated heterocycles. The first kappa shape index (κ1) is 12.6. The third kappa shape index (κ3) is 4.40. The highest BCUT2D eigenvalue weighted by molar-refractivity contribution is 5.59. The third-order valence-corrected chi connectivity index (χ3v) is 2.02. The van der Waals surface area contributed by atoms with Gasteiger partial charge in [0.15, 0.2) is 0 Å². The van der Waals surface area contributed by atoms with Gasteiger partial charge in [0.1, 0.15) is 5.75 Å². The van der Waals surface area contributed by atoms with E-state index in [0.717, 1.165) is 24.6 Å². The third-order valence-electron chi connectivity index (χ3n) is 2.02. The Bertz CT molecular complexity index is 316. The summed E-state index contributed by atoms with van der Waals surface area (Å²) in [6.07, 6.45) is 0. The van der Waals surface area contributed by atoms with Gasteiger partial charge in [-0.05, 0) is 19.9 Å². The largest absolute Gasteiger partial charge is 0.494 e. The summed E-state index contributed by atoms with van der Waals surface area (Å²) in [6.45, 7) is 6.77. The second-order valence-electron chi connectivity index (χ2n) is 3.35. The van der Waals surface area contributed by atoms with Crippen molar-refractivity contribution >= 4 is 11.4 Å². The van der Waals surface area contributed by atoms with Crippen LogP contribution in [-0.2, 0) is 4.74 Å². The number of nitrogen functional groups attached to an aromatic ring is 1. The first-order valence-corrected chi connectivity index (χ1v) is 5.61. The Kier molecular flexibility index (Phi) is 5.50. The second-order valence-corrected chi connectivity index (χ2v) is 3.35. The zero-order valence-electron chi connectivity index (χ0n) is 9.95. The fourth-order valence-corrected chi connectivity index (χ4v) is 1.39. The zero-order valence-corrected chi connectivity index (χ0v) is 9.95. The van der Waals surface area contributed by atoms with E-state index in [0.29, 0.717) is 18.9 Å². The van der Waals surface area contributed by atoms with Crippen LogP contribution in [0.3, 0.4) is 0 Å². The number of nitrogens with two attached hydrogens (primary N) is 1. The van der Waals surface area contributed by atoms with E-state index in [9.17, 15) is 0 Å². The van der Waals surface area contributed by atoms with Crippen LogP contribution in [-0.4, -0.2) is 26.4 Å². The van der Waals surface area contributed by atoms with Crippen LogP contribution in [0.2, 0.25) is 0 Å². The quantitative estimate of drug-likeness (QED) is 0.550. The Hall–Kier alpha value is -1.42. The Morgan fingerprint density at radius 1 is 1.19 bits per heavy atom. The van der Waals surface area contributed by atoms with E-state index in [1.54, 1.807) is 0 Å². The second kappa shape index (κ2) is 6.95. The molecule has 0 bridgehead atoms. The molecule has 0 fully saturated rings. The van der Waals surface area contributed by atoms with E-state index in [4.69, 9.17) is 15.2 Å². The van der Waals surface area contributed by atoms with Crippen LogP contribution < -0.4 is 15.8 Å². The van der Waals surface area contributed by atoms with Gasteiger partial charge in [-0.25, -0.2) is 0 Å². The molecule has 0 unspecified atom stereocenters. The summed E-state index contributed by atoms with van der Waals surface area (Å²) in [5.41, 5.74) is 7.43. The maximum atomic E-state index is 5.77. The van der Waals surface area contributed by atoms with E-state index < -0.39 is 0 Å². The first-order valence-electron chi connectivity index (χ1n) is 5.61.